The van der Waals surface area contributed by atoms with Gasteiger partial charge in [-0.2, -0.15) is 5.10 Å². The highest BCUT2D eigenvalue weighted by Crippen LogP contribution is 2.26. The third-order valence-corrected chi connectivity index (χ3v) is 4.32. The number of halogens is 1. The number of aromatic carboxylic acids is 1. The number of carboxylic acids is 1. The van der Waals surface area contributed by atoms with Gasteiger partial charge in [-0.05, 0) is 48.6 Å². The first-order chi connectivity index (χ1) is 14.1. The van der Waals surface area contributed by atoms with Gasteiger partial charge >= 0.3 is 5.97 Å². The van der Waals surface area contributed by atoms with Gasteiger partial charge in [-0.25, -0.2) is 13.9 Å². The van der Waals surface area contributed by atoms with Crippen molar-refractivity contribution in [3.05, 3.63) is 102 Å². The highest BCUT2D eigenvalue weighted by molar-refractivity contribution is 5.88. The zero-order valence-electron chi connectivity index (χ0n) is 15.2. The molecule has 2 heterocycles. The summed E-state index contributed by atoms with van der Waals surface area (Å²) >= 11 is 0. The molecule has 0 fully saturated rings. The third kappa shape index (κ3) is 4.11. The van der Waals surface area contributed by atoms with E-state index in [1.165, 1.54) is 30.5 Å². The number of carbonyl (C=O) groups is 1. The Bertz CT molecular complexity index is 1200. The van der Waals surface area contributed by atoms with Crippen LogP contribution in [0.3, 0.4) is 0 Å². The van der Waals surface area contributed by atoms with Gasteiger partial charge in [-0.15, -0.1) is 0 Å². The highest BCUT2D eigenvalue weighted by atomic mass is 19.1. The van der Waals surface area contributed by atoms with Crippen LogP contribution in [0, 0.1) is 5.82 Å². The molecule has 0 aliphatic heterocycles. The van der Waals surface area contributed by atoms with Crippen LogP contribution in [0.1, 0.15) is 21.6 Å². The van der Waals surface area contributed by atoms with Crippen molar-refractivity contribution in [2.45, 2.75) is 0 Å². The summed E-state index contributed by atoms with van der Waals surface area (Å²) in [6, 6.07) is 18.8. The second-order valence-electron chi connectivity index (χ2n) is 6.33. The predicted octanol–water partition coefficient (Wildman–Crippen LogP) is 4.94. The fourth-order valence-electron chi connectivity index (χ4n) is 2.93. The molecule has 0 unspecified atom stereocenters. The van der Waals surface area contributed by atoms with Crippen LogP contribution >= 0.6 is 0 Å². The number of benzene rings is 2. The summed E-state index contributed by atoms with van der Waals surface area (Å²) in [6.45, 7) is 0. The Balaban J connectivity index is 1.78. The van der Waals surface area contributed by atoms with E-state index >= 15 is 0 Å². The molecular weight excluding hydrogens is 369 g/mol. The summed E-state index contributed by atoms with van der Waals surface area (Å²) in [4.78, 5) is 15.3. The SMILES string of the molecule is O=C(O)c1ccnc(C=Cc2cn(-c3ccccc3)nc2-c2cccc(F)c2)c1. The quantitative estimate of drug-likeness (QED) is 0.528. The minimum Gasteiger partial charge on any atom is -0.478 e. The normalized spacial score (nSPS) is 11.1. The van der Waals surface area contributed by atoms with Crippen LogP contribution in [-0.4, -0.2) is 25.8 Å². The molecule has 0 spiro atoms. The number of pyridine rings is 1. The van der Waals surface area contributed by atoms with Gasteiger partial charge in [0.15, 0.2) is 0 Å². The van der Waals surface area contributed by atoms with Gasteiger partial charge in [-0.3, -0.25) is 4.98 Å². The largest absolute Gasteiger partial charge is 0.478 e. The standard InChI is InChI=1S/C23H16FN3O2/c24-19-6-4-5-16(13-19)22-18(15-27(26-22)21-7-2-1-3-8-21)9-10-20-14-17(23(28)29)11-12-25-20/h1-15H,(H,28,29). The highest BCUT2D eigenvalue weighted by Gasteiger charge is 2.11. The van der Waals surface area contributed by atoms with Crippen LogP contribution in [0.2, 0.25) is 0 Å². The van der Waals surface area contributed by atoms with Crippen molar-refractivity contribution in [2.24, 2.45) is 0 Å². The van der Waals surface area contributed by atoms with Crippen molar-refractivity contribution in [1.29, 1.82) is 0 Å². The van der Waals surface area contributed by atoms with E-state index < -0.39 is 5.97 Å². The van der Waals surface area contributed by atoms with Crippen LogP contribution in [-0.2, 0) is 0 Å². The number of para-hydroxylation sites is 1. The number of carboxylic acid groups (broad SMARTS) is 1. The Labute approximate surface area is 166 Å². The second-order valence-corrected chi connectivity index (χ2v) is 6.33. The minimum atomic E-state index is -1.01. The molecule has 1 N–H and O–H groups in total. The summed E-state index contributed by atoms with van der Waals surface area (Å²) in [5, 5.41) is 13.8. The maximum atomic E-state index is 13.8. The molecule has 0 aliphatic carbocycles. The van der Waals surface area contributed by atoms with Crippen molar-refractivity contribution in [1.82, 2.24) is 14.8 Å². The smallest absolute Gasteiger partial charge is 0.335 e. The molecule has 4 rings (SSSR count). The van der Waals surface area contributed by atoms with E-state index in [4.69, 9.17) is 5.11 Å². The number of hydrogen-bond acceptors (Lipinski definition) is 3. The molecule has 0 radical (unpaired) electrons. The van der Waals surface area contributed by atoms with Crippen molar-refractivity contribution in [3.8, 4) is 16.9 Å². The fourth-order valence-corrected chi connectivity index (χ4v) is 2.93. The number of hydrogen-bond donors (Lipinski definition) is 1. The van der Waals surface area contributed by atoms with Gasteiger partial charge < -0.3 is 5.11 Å². The first-order valence-corrected chi connectivity index (χ1v) is 8.88. The molecule has 0 saturated carbocycles. The Kier molecular flexibility index (Phi) is 4.99. The summed E-state index contributed by atoms with van der Waals surface area (Å²) in [6.07, 6.45) is 6.79. The molecule has 0 aliphatic rings. The number of rotatable bonds is 5. The van der Waals surface area contributed by atoms with Crippen LogP contribution in [0.4, 0.5) is 4.39 Å². The van der Waals surface area contributed by atoms with Gasteiger partial charge in [0.25, 0.3) is 0 Å². The fraction of sp³-hybridized carbons (Fsp3) is 0. The minimum absolute atomic E-state index is 0.157. The van der Waals surface area contributed by atoms with Gasteiger partial charge in [0, 0.05) is 23.5 Å². The average Bonchev–Trinajstić information content (AvgIpc) is 3.17. The van der Waals surface area contributed by atoms with Gasteiger partial charge in [-0.1, -0.05) is 30.3 Å². The van der Waals surface area contributed by atoms with E-state index in [-0.39, 0.29) is 11.4 Å². The molecular formula is C23H16FN3O2. The lowest BCUT2D eigenvalue weighted by Gasteiger charge is -2.00. The maximum Gasteiger partial charge on any atom is 0.335 e. The Morgan fingerprint density at radius 1 is 1.00 bits per heavy atom. The summed E-state index contributed by atoms with van der Waals surface area (Å²) in [7, 11) is 0. The Morgan fingerprint density at radius 2 is 1.83 bits per heavy atom. The molecule has 29 heavy (non-hydrogen) atoms. The van der Waals surface area contributed by atoms with E-state index in [2.05, 4.69) is 10.1 Å². The molecule has 4 aromatic rings. The monoisotopic (exact) mass is 385 g/mol. The molecule has 2 aromatic heterocycles. The van der Waals surface area contributed by atoms with Crippen molar-refractivity contribution >= 4 is 18.1 Å². The number of nitrogens with zero attached hydrogens (tertiary/aromatic N) is 3. The zero-order valence-corrected chi connectivity index (χ0v) is 15.2. The predicted molar refractivity (Wildman–Crippen MR) is 109 cm³/mol. The molecule has 5 nitrogen and oxygen atoms in total. The molecule has 0 saturated heterocycles. The van der Waals surface area contributed by atoms with Crippen molar-refractivity contribution < 1.29 is 14.3 Å². The van der Waals surface area contributed by atoms with Crippen LogP contribution in [0.15, 0.2) is 79.1 Å². The average molecular weight is 385 g/mol. The molecule has 0 atom stereocenters. The van der Waals surface area contributed by atoms with Gasteiger partial charge in [0.2, 0.25) is 0 Å². The maximum absolute atomic E-state index is 13.8. The lowest BCUT2D eigenvalue weighted by Crippen LogP contribution is -1.96. The lowest BCUT2D eigenvalue weighted by atomic mass is 10.1. The first kappa shape index (κ1) is 18.3. The molecule has 2 aromatic carbocycles. The van der Waals surface area contributed by atoms with E-state index in [1.807, 2.05) is 36.5 Å². The summed E-state index contributed by atoms with van der Waals surface area (Å²) < 4.78 is 15.5. The molecule has 0 bridgehead atoms. The van der Waals surface area contributed by atoms with Crippen molar-refractivity contribution in [3.63, 3.8) is 0 Å². The topological polar surface area (TPSA) is 68.0 Å². The van der Waals surface area contributed by atoms with E-state index in [1.54, 1.807) is 29.0 Å². The Morgan fingerprint density at radius 3 is 2.59 bits per heavy atom. The molecule has 6 heteroatoms. The van der Waals surface area contributed by atoms with E-state index in [0.717, 1.165) is 11.3 Å². The van der Waals surface area contributed by atoms with Crippen LogP contribution < -0.4 is 0 Å². The third-order valence-electron chi connectivity index (χ3n) is 4.32. The molecule has 0 amide bonds. The van der Waals surface area contributed by atoms with Crippen molar-refractivity contribution in [2.75, 3.05) is 0 Å². The van der Waals surface area contributed by atoms with Gasteiger partial charge in [0.1, 0.15) is 11.5 Å². The molecule has 142 valence electrons. The first-order valence-electron chi connectivity index (χ1n) is 8.88. The number of aromatic nitrogens is 3. The summed E-state index contributed by atoms with van der Waals surface area (Å²) in [5.74, 6) is -1.36. The van der Waals surface area contributed by atoms with Gasteiger partial charge in [0.05, 0.1) is 16.9 Å². The summed E-state index contributed by atoms with van der Waals surface area (Å²) in [5.41, 5.74) is 3.54. The van der Waals surface area contributed by atoms with E-state index in [9.17, 15) is 9.18 Å². The Hall–Kier alpha value is -4.06. The van der Waals surface area contributed by atoms with E-state index in [0.29, 0.717) is 17.0 Å². The van der Waals surface area contributed by atoms with Crippen LogP contribution in [0.5, 0.6) is 0 Å². The lowest BCUT2D eigenvalue weighted by molar-refractivity contribution is 0.0696. The zero-order chi connectivity index (χ0) is 20.2. The second kappa shape index (κ2) is 7.90. The van der Waals surface area contributed by atoms with Crippen LogP contribution in [0.25, 0.3) is 29.1 Å².